The standard InChI is InChI=1S/C5H12O2Si.Na/c1-8(2,3)4-5(6)7;/h4H2,1-3H3,(H,6,7);/q;+1/p-1. The van der Waals surface area contributed by atoms with Crippen LogP contribution in [0.1, 0.15) is 0 Å². The quantitative estimate of drug-likeness (QED) is 0.400. The Balaban J connectivity index is 0. The minimum atomic E-state index is -1.38. The van der Waals surface area contributed by atoms with E-state index in [2.05, 4.69) is 0 Å². The van der Waals surface area contributed by atoms with E-state index >= 15 is 0 Å². The molecule has 9 heavy (non-hydrogen) atoms. The molecule has 0 amide bonds. The Bertz CT molecular complexity index is 97.6. The molecule has 0 saturated carbocycles. The molecule has 0 aliphatic carbocycles. The molecule has 2 nitrogen and oxygen atoms in total. The van der Waals surface area contributed by atoms with Crippen LogP contribution in [0.15, 0.2) is 0 Å². The molecule has 0 aliphatic heterocycles. The van der Waals surface area contributed by atoms with E-state index in [9.17, 15) is 9.90 Å². The first kappa shape index (κ1) is 12.4. The van der Waals surface area contributed by atoms with Gasteiger partial charge >= 0.3 is 29.6 Å². The van der Waals surface area contributed by atoms with E-state index in [0.717, 1.165) is 0 Å². The van der Waals surface area contributed by atoms with Crippen LogP contribution in [0.3, 0.4) is 0 Å². The molecule has 0 spiro atoms. The minimum Gasteiger partial charge on any atom is -0.550 e. The molecular weight excluding hydrogens is 143 g/mol. The fourth-order valence-corrected chi connectivity index (χ4v) is 1.30. The topological polar surface area (TPSA) is 40.1 Å². The van der Waals surface area contributed by atoms with Crippen LogP contribution >= 0.6 is 0 Å². The summed E-state index contributed by atoms with van der Waals surface area (Å²) in [4.78, 5) is 9.94. The molecule has 0 N–H and O–H groups in total. The average Bonchev–Trinajstić information content (AvgIpc) is 1.21. The van der Waals surface area contributed by atoms with Gasteiger partial charge in [-0.2, -0.15) is 0 Å². The van der Waals surface area contributed by atoms with Crippen molar-refractivity contribution in [1.82, 2.24) is 0 Å². The van der Waals surface area contributed by atoms with Crippen molar-refractivity contribution in [2.75, 3.05) is 0 Å². The van der Waals surface area contributed by atoms with Gasteiger partial charge in [0.05, 0.1) is 8.07 Å². The number of carbonyl (C=O) groups excluding carboxylic acids is 1. The van der Waals surface area contributed by atoms with Crippen molar-refractivity contribution in [1.29, 1.82) is 0 Å². The van der Waals surface area contributed by atoms with E-state index in [1.165, 1.54) is 0 Å². The summed E-state index contributed by atoms with van der Waals surface area (Å²) in [6.07, 6.45) is 0. The number of aliphatic carboxylic acids is 1. The van der Waals surface area contributed by atoms with Crippen molar-refractivity contribution in [2.45, 2.75) is 25.7 Å². The average molecular weight is 154 g/mol. The van der Waals surface area contributed by atoms with E-state index in [1.807, 2.05) is 19.6 Å². The van der Waals surface area contributed by atoms with Gasteiger partial charge in [0.25, 0.3) is 0 Å². The molecule has 0 atom stereocenters. The Morgan fingerprint density at radius 3 is 1.78 bits per heavy atom. The van der Waals surface area contributed by atoms with E-state index in [4.69, 9.17) is 0 Å². The predicted octanol–water partition coefficient (Wildman–Crippen LogP) is -2.92. The maximum absolute atomic E-state index is 9.94. The minimum absolute atomic E-state index is 0. The van der Waals surface area contributed by atoms with Crippen LogP contribution in [0.5, 0.6) is 0 Å². The zero-order valence-electron chi connectivity index (χ0n) is 6.52. The van der Waals surface area contributed by atoms with E-state index < -0.39 is 14.0 Å². The zero-order valence-corrected chi connectivity index (χ0v) is 9.52. The number of rotatable bonds is 2. The summed E-state index contributed by atoms with van der Waals surface area (Å²) in [5.41, 5.74) is 0. The van der Waals surface area contributed by atoms with Gasteiger partial charge in [-0.1, -0.05) is 19.6 Å². The second kappa shape index (κ2) is 4.49. The third-order valence-electron chi connectivity index (χ3n) is 0.675. The van der Waals surface area contributed by atoms with Gasteiger partial charge in [0.1, 0.15) is 0 Å². The SMILES string of the molecule is C[Si](C)(C)CC(=O)[O-].[Na+]. The molecule has 0 fully saturated rings. The van der Waals surface area contributed by atoms with Crippen LogP contribution in [0, 0.1) is 0 Å². The van der Waals surface area contributed by atoms with Gasteiger partial charge in [-0.25, -0.2) is 0 Å². The van der Waals surface area contributed by atoms with Gasteiger partial charge in [0.2, 0.25) is 0 Å². The van der Waals surface area contributed by atoms with Crippen LogP contribution in [-0.2, 0) is 4.79 Å². The third kappa shape index (κ3) is 12.0. The summed E-state index contributed by atoms with van der Waals surface area (Å²) in [5, 5.41) is 9.94. The van der Waals surface area contributed by atoms with Crippen LogP contribution in [-0.4, -0.2) is 14.0 Å². The number of carbonyl (C=O) groups is 1. The Kier molecular flexibility index (Phi) is 6.18. The number of hydrogen-bond donors (Lipinski definition) is 0. The van der Waals surface area contributed by atoms with Gasteiger partial charge in [0.15, 0.2) is 0 Å². The fourth-order valence-electron chi connectivity index (χ4n) is 0.433. The maximum Gasteiger partial charge on any atom is 1.00 e. The first-order valence-electron chi connectivity index (χ1n) is 2.62. The monoisotopic (exact) mass is 154 g/mol. The molecule has 0 aromatic heterocycles. The Hall–Kier alpha value is 0.687. The number of carboxylic acids is 1. The first-order valence-corrected chi connectivity index (χ1v) is 6.32. The third-order valence-corrected chi connectivity index (χ3v) is 2.02. The van der Waals surface area contributed by atoms with Gasteiger partial charge in [-0.3, -0.25) is 0 Å². The van der Waals surface area contributed by atoms with Crippen LogP contribution in [0.4, 0.5) is 0 Å². The maximum atomic E-state index is 9.94. The Labute approximate surface area is 78.9 Å². The van der Waals surface area contributed by atoms with E-state index in [1.54, 1.807) is 0 Å². The molecule has 48 valence electrons. The van der Waals surface area contributed by atoms with E-state index in [-0.39, 0.29) is 35.6 Å². The normalized spacial score (nSPS) is 10.1. The van der Waals surface area contributed by atoms with Crippen molar-refractivity contribution in [3.8, 4) is 0 Å². The smallest absolute Gasteiger partial charge is 0.550 e. The van der Waals surface area contributed by atoms with Crippen LogP contribution in [0.25, 0.3) is 0 Å². The summed E-state index contributed by atoms with van der Waals surface area (Å²) in [7, 11) is -1.38. The molecule has 0 unspecified atom stereocenters. The summed E-state index contributed by atoms with van der Waals surface area (Å²) in [5.74, 6) is -0.913. The molecule has 0 aromatic carbocycles. The number of hydrogen-bond acceptors (Lipinski definition) is 2. The summed E-state index contributed by atoms with van der Waals surface area (Å²) in [6.45, 7) is 6.01. The molecular formula is C5H11NaO2Si. The largest absolute Gasteiger partial charge is 1.00 e. The first-order chi connectivity index (χ1) is 3.42. The van der Waals surface area contributed by atoms with Crippen LogP contribution in [0.2, 0.25) is 25.7 Å². The summed E-state index contributed by atoms with van der Waals surface area (Å²) < 4.78 is 0. The second-order valence-electron chi connectivity index (χ2n) is 3.11. The van der Waals surface area contributed by atoms with Gasteiger partial charge < -0.3 is 9.90 Å². The van der Waals surface area contributed by atoms with Crippen molar-refractivity contribution in [3.63, 3.8) is 0 Å². The molecule has 0 heterocycles. The predicted molar refractivity (Wildman–Crippen MR) is 33.2 cm³/mol. The molecule has 0 bridgehead atoms. The fraction of sp³-hybridized carbons (Fsp3) is 0.800. The Morgan fingerprint density at radius 1 is 1.44 bits per heavy atom. The molecule has 0 rings (SSSR count). The molecule has 0 aromatic rings. The number of carboxylic acid groups (broad SMARTS) is 1. The Morgan fingerprint density at radius 2 is 1.78 bits per heavy atom. The van der Waals surface area contributed by atoms with Gasteiger partial charge in [-0.15, -0.1) is 0 Å². The van der Waals surface area contributed by atoms with Crippen LogP contribution < -0.4 is 34.7 Å². The van der Waals surface area contributed by atoms with Crippen molar-refractivity contribution >= 4 is 14.0 Å². The van der Waals surface area contributed by atoms with Crippen molar-refractivity contribution in [3.05, 3.63) is 0 Å². The van der Waals surface area contributed by atoms with Crippen molar-refractivity contribution in [2.24, 2.45) is 0 Å². The van der Waals surface area contributed by atoms with Gasteiger partial charge in [0, 0.05) is 5.97 Å². The summed E-state index contributed by atoms with van der Waals surface area (Å²) in [6, 6.07) is 0.271. The molecule has 0 radical (unpaired) electrons. The molecule has 0 aliphatic rings. The van der Waals surface area contributed by atoms with Crippen molar-refractivity contribution < 1.29 is 39.5 Å². The molecule has 0 saturated heterocycles. The van der Waals surface area contributed by atoms with E-state index in [0.29, 0.717) is 0 Å². The second-order valence-corrected chi connectivity index (χ2v) is 8.58. The summed E-state index contributed by atoms with van der Waals surface area (Å²) >= 11 is 0. The van der Waals surface area contributed by atoms with Gasteiger partial charge in [-0.05, 0) is 6.04 Å². The molecule has 4 heteroatoms. The zero-order chi connectivity index (χ0) is 6.78.